The molecular formula is C36H44N6O8S2. The molecule has 0 bridgehead atoms. The number of rotatable bonds is 18. The van der Waals surface area contributed by atoms with Crippen molar-refractivity contribution in [3.63, 3.8) is 0 Å². The Hall–Kier alpha value is -4.38. The van der Waals surface area contributed by atoms with Gasteiger partial charge in [-0.05, 0) is 73.7 Å². The number of carbonyl (C=O) groups is 4. The topological polar surface area (TPSA) is 189 Å². The molecule has 278 valence electrons. The number of ether oxygens (including phenoxy) is 3. The van der Waals surface area contributed by atoms with E-state index in [9.17, 15) is 24.3 Å². The van der Waals surface area contributed by atoms with E-state index in [-0.39, 0.29) is 55.1 Å². The monoisotopic (exact) mass is 752 g/mol. The van der Waals surface area contributed by atoms with Crippen LogP contribution in [0.3, 0.4) is 0 Å². The fraction of sp³-hybridized carbons (Fsp3) is 0.472. The van der Waals surface area contributed by atoms with Crippen LogP contribution in [-0.2, 0) is 26.3 Å². The zero-order valence-corrected chi connectivity index (χ0v) is 30.5. The van der Waals surface area contributed by atoms with Gasteiger partial charge in [0.05, 0.1) is 30.9 Å². The van der Waals surface area contributed by atoms with Crippen molar-refractivity contribution in [1.82, 2.24) is 26.3 Å². The molecule has 16 heteroatoms. The molecule has 2 saturated heterocycles. The maximum absolute atomic E-state index is 13.0. The van der Waals surface area contributed by atoms with Crippen molar-refractivity contribution >= 4 is 52.0 Å². The highest BCUT2D eigenvalue weighted by molar-refractivity contribution is 8.00. The van der Waals surface area contributed by atoms with Crippen LogP contribution in [0.4, 0.5) is 9.93 Å². The van der Waals surface area contributed by atoms with Gasteiger partial charge in [0.1, 0.15) is 12.4 Å². The minimum absolute atomic E-state index is 0.0120. The Morgan fingerprint density at radius 2 is 1.90 bits per heavy atom. The molecule has 2 aromatic carbocycles. The maximum Gasteiger partial charge on any atom is 0.335 e. The molecule has 6 rings (SSSR count). The van der Waals surface area contributed by atoms with E-state index < -0.39 is 11.5 Å². The molecule has 2 fully saturated rings. The van der Waals surface area contributed by atoms with Crippen LogP contribution >= 0.6 is 23.1 Å². The average molecular weight is 753 g/mol. The predicted octanol–water partition coefficient (Wildman–Crippen LogP) is 4.26. The predicted molar refractivity (Wildman–Crippen MR) is 198 cm³/mol. The van der Waals surface area contributed by atoms with Crippen molar-refractivity contribution in [2.75, 3.05) is 44.0 Å². The summed E-state index contributed by atoms with van der Waals surface area (Å²) in [6, 6.07) is 10.2. The van der Waals surface area contributed by atoms with E-state index in [1.807, 2.05) is 30.8 Å². The number of aromatic carboxylic acids is 1. The van der Waals surface area contributed by atoms with E-state index in [4.69, 9.17) is 14.2 Å². The van der Waals surface area contributed by atoms with Crippen LogP contribution in [0.1, 0.15) is 60.5 Å². The Kier molecular flexibility index (Phi) is 12.5. The standard InChI is InChI=1S/C36H44N6O8S2/c1-36(20-31(44)41-35-38-13-17-51-35)25-19-28(50-24-8-6-22(7-9-24)33(45)46)27(18-23(25)10-11-39-36)49-16-15-48-14-12-37-30(43)5-3-2-4-29-32-26(21-52-29)40-34(47)42-32/h6-9,13,17-19,26,29,32,39H,2-5,10-12,14-16,20-21H2,1H3,(H,37,43)(H,45,46)(H,38,41,44)(H2,40,42,47)/t26-,29-,32-,36+/m0/s1. The molecule has 0 unspecified atom stereocenters. The van der Waals surface area contributed by atoms with Crippen LogP contribution in [-0.4, -0.2) is 89.9 Å². The molecular weight excluding hydrogens is 709 g/mol. The number of fused-ring (bicyclic) bond motifs is 2. The number of nitrogens with one attached hydrogen (secondary N) is 5. The highest BCUT2D eigenvalue weighted by atomic mass is 32.2. The molecule has 4 heterocycles. The SMILES string of the molecule is C[C@]1(CC(=O)Nc2nccs2)NCCc2cc(OCCOCCNC(=O)CCCC[C@@H]3SC[C@@H]4NC(=O)N[C@@H]43)c(Oc3ccc(C(=O)O)cc3)cc21. The molecule has 4 amide bonds. The minimum Gasteiger partial charge on any atom is -0.487 e. The Morgan fingerprint density at radius 3 is 2.69 bits per heavy atom. The Balaban J connectivity index is 0.985. The van der Waals surface area contributed by atoms with Crippen LogP contribution in [0, 0.1) is 0 Å². The fourth-order valence-electron chi connectivity index (χ4n) is 6.74. The van der Waals surface area contributed by atoms with Crippen molar-refractivity contribution in [3.05, 3.63) is 64.7 Å². The molecule has 3 aromatic rings. The number of unbranched alkanes of at least 4 members (excludes halogenated alkanes) is 1. The summed E-state index contributed by atoms with van der Waals surface area (Å²) in [5.74, 6) is 1.05. The first-order valence-corrected chi connectivity index (χ1v) is 19.4. The molecule has 0 spiro atoms. The van der Waals surface area contributed by atoms with Gasteiger partial charge in [-0.15, -0.1) is 11.3 Å². The van der Waals surface area contributed by atoms with E-state index in [2.05, 4.69) is 31.6 Å². The van der Waals surface area contributed by atoms with Gasteiger partial charge in [-0.2, -0.15) is 11.8 Å². The molecule has 14 nitrogen and oxygen atoms in total. The number of carboxylic acid groups (broad SMARTS) is 1. The summed E-state index contributed by atoms with van der Waals surface area (Å²) < 4.78 is 18.1. The van der Waals surface area contributed by atoms with Crippen molar-refractivity contribution in [3.8, 4) is 17.2 Å². The number of carboxylic acids is 1. The largest absolute Gasteiger partial charge is 0.487 e. The summed E-state index contributed by atoms with van der Waals surface area (Å²) >= 11 is 3.23. The third kappa shape index (κ3) is 9.73. The van der Waals surface area contributed by atoms with E-state index in [1.165, 1.54) is 23.5 Å². The number of amides is 4. The lowest BCUT2D eigenvalue weighted by atomic mass is 9.81. The second kappa shape index (κ2) is 17.4. The summed E-state index contributed by atoms with van der Waals surface area (Å²) in [6.07, 6.45) is 5.66. The van der Waals surface area contributed by atoms with Crippen molar-refractivity contribution in [2.45, 2.75) is 68.3 Å². The van der Waals surface area contributed by atoms with E-state index in [0.717, 1.165) is 42.6 Å². The Morgan fingerprint density at radius 1 is 1.06 bits per heavy atom. The summed E-state index contributed by atoms with van der Waals surface area (Å²) in [7, 11) is 0. The first kappa shape index (κ1) is 37.4. The van der Waals surface area contributed by atoms with Crippen molar-refractivity contribution in [1.29, 1.82) is 0 Å². The van der Waals surface area contributed by atoms with Gasteiger partial charge in [0.2, 0.25) is 11.8 Å². The molecule has 4 atom stereocenters. The van der Waals surface area contributed by atoms with Gasteiger partial charge in [-0.1, -0.05) is 6.42 Å². The van der Waals surface area contributed by atoms with Gasteiger partial charge in [0, 0.05) is 54.0 Å². The van der Waals surface area contributed by atoms with Crippen LogP contribution < -0.4 is 36.1 Å². The second-order valence-corrected chi connectivity index (χ2v) is 15.3. The van der Waals surface area contributed by atoms with E-state index in [1.54, 1.807) is 23.7 Å². The Labute approximate surface area is 310 Å². The van der Waals surface area contributed by atoms with Crippen LogP contribution in [0.5, 0.6) is 17.2 Å². The molecule has 52 heavy (non-hydrogen) atoms. The van der Waals surface area contributed by atoms with Crippen molar-refractivity contribution < 1.29 is 38.5 Å². The fourth-order valence-corrected chi connectivity index (χ4v) is 8.83. The molecule has 0 radical (unpaired) electrons. The highest BCUT2D eigenvalue weighted by Gasteiger charge is 2.42. The number of hydrogen-bond acceptors (Lipinski definition) is 11. The summed E-state index contributed by atoms with van der Waals surface area (Å²) in [5.41, 5.74) is 1.36. The van der Waals surface area contributed by atoms with Gasteiger partial charge in [0.15, 0.2) is 16.6 Å². The number of anilines is 1. The van der Waals surface area contributed by atoms with Crippen molar-refractivity contribution in [2.24, 2.45) is 0 Å². The van der Waals surface area contributed by atoms with Gasteiger partial charge in [0.25, 0.3) is 0 Å². The van der Waals surface area contributed by atoms with Gasteiger partial charge < -0.3 is 45.9 Å². The third-order valence-electron chi connectivity index (χ3n) is 9.33. The molecule has 0 aliphatic carbocycles. The van der Waals surface area contributed by atoms with Crippen LogP contribution in [0.25, 0.3) is 0 Å². The molecule has 3 aliphatic heterocycles. The molecule has 3 aliphatic rings. The minimum atomic E-state index is -1.03. The van der Waals surface area contributed by atoms with Gasteiger partial charge in [-0.3, -0.25) is 9.59 Å². The molecule has 6 N–H and O–H groups in total. The highest BCUT2D eigenvalue weighted by Crippen LogP contribution is 2.41. The second-order valence-electron chi connectivity index (χ2n) is 13.1. The molecule has 0 saturated carbocycles. The quantitative estimate of drug-likeness (QED) is 0.0805. The number of hydrogen-bond donors (Lipinski definition) is 6. The number of benzene rings is 2. The average Bonchev–Trinajstić information content (AvgIpc) is 3.85. The Bertz CT molecular complexity index is 1730. The van der Waals surface area contributed by atoms with E-state index >= 15 is 0 Å². The smallest absolute Gasteiger partial charge is 0.335 e. The molecule has 1 aromatic heterocycles. The zero-order chi connectivity index (χ0) is 36.5. The lowest BCUT2D eigenvalue weighted by Crippen LogP contribution is -2.47. The zero-order valence-electron chi connectivity index (χ0n) is 28.9. The van der Waals surface area contributed by atoms with Gasteiger partial charge >= 0.3 is 12.0 Å². The lowest BCUT2D eigenvalue weighted by molar-refractivity contribution is -0.121. The first-order valence-electron chi connectivity index (χ1n) is 17.5. The normalized spacial score (nSPS) is 21.7. The maximum atomic E-state index is 13.0. The lowest BCUT2D eigenvalue weighted by Gasteiger charge is -2.37. The number of thiazole rings is 1. The van der Waals surface area contributed by atoms with Gasteiger partial charge in [-0.25, -0.2) is 14.6 Å². The number of nitrogens with zero attached hydrogens (tertiary/aromatic N) is 1. The number of thioether (sulfide) groups is 1. The number of carbonyl (C=O) groups excluding carboxylic acids is 3. The van der Waals surface area contributed by atoms with Crippen LogP contribution in [0.2, 0.25) is 0 Å². The third-order valence-corrected chi connectivity index (χ3v) is 11.5. The van der Waals surface area contributed by atoms with E-state index in [0.29, 0.717) is 53.7 Å². The number of urea groups is 1. The first-order chi connectivity index (χ1) is 25.2. The summed E-state index contributed by atoms with van der Waals surface area (Å²) in [6.45, 7) is 3.87. The summed E-state index contributed by atoms with van der Waals surface area (Å²) in [4.78, 5) is 52.4. The number of aromatic nitrogens is 1. The van der Waals surface area contributed by atoms with Crippen LogP contribution in [0.15, 0.2) is 48.0 Å². The summed E-state index contributed by atoms with van der Waals surface area (Å²) in [5, 5.41) is 27.3.